The Labute approximate surface area is 404 Å². The summed E-state index contributed by atoms with van der Waals surface area (Å²) in [6.45, 7) is 5.26. The van der Waals surface area contributed by atoms with Crippen molar-refractivity contribution in [3.63, 3.8) is 0 Å². The molecule has 7 unspecified atom stereocenters. The Morgan fingerprint density at radius 1 is 0.716 bits per heavy atom. The fourth-order valence-electron chi connectivity index (χ4n) is 11.2. The molecule has 7 nitrogen and oxygen atoms in total. The maximum Gasteiger partial charge on any atom is 0.312 e. The maximum atomic E-state index is 14.2. The van der Waals surface area contributed by atoms with E-state index in [4.69, 9.17) is 9.29 Å². The van der Waals surface area contributed by atoms with E-state index < -0.39 is 49.9 Å². The van der Waals surface area contributed by atoms with Crippen molar-refractivity contribution in [2.24, 2.45) is 33.0 Å². The maximum absolute atomic E-state index is 14.2. The van der Waals surface area contributed by atoms with E-state index in [2.05, 4.69) is 171 Å². The Morgan fingerprint density at radius 3 is 1.55 bits per heavy atom. The van der Waals surface area contributed by atoms with Gasteiger partial charge < -0.3 is 9.84 Å². The van der Waals surface area contributed by atoms with Crippen LogP contribution in [0.3, 0.4) is 0 Å². The molecule has 4 aliphatic rings. The summed E-state index contributed by atoms with van der Waals surface area (Å²) in [5.41, 5.74) is 2.43. The molecule has 4 saturated carbocycles. The van der Waals surface area contributed by atoms with Crippen LogP contribution in [-0.2, 0) is 47.9 Å². The number of ether oxygens (including phenoxy) is 1. The summed E-state index contributed by atoms with van der Waals surface area (Å²) in [5, 5.41) is 14.1. The number of carbonyl (C=O) groups excluding carboxylic acids is 1. The van der Waals surface area contributed by atoms with Gasteiger partial charge in [-0.05, 0) is 209 Å². The smallest absolute Gasteiger partial charge is 0.312 e. The molecule has 0 heterocycles. The molecular weight excluding hydrogens is 918 g/mol. The second-order valence-electron chi connectivity index (χ2n) is 18.7. The molecule has 346 valence electrons. The van der Waals surface area contributed by atoms with Crippen molar-refractivity contribution >= 4 is 55.7 Å². The summed E-state index contributed by atoms with van der Waals surface area (Å²) in [5.74, 6) is -0.890. The van der Waals surface area contributed by atoms with Crippen molar-refractivity contribution in [2.45, 2.75) is 94.2 Å². The Kier molecular flexibility index (Phi) is 13.6. The molecule has 12 heteroatoms. The van der Waals surface area contributed by atoms with Crippen molar-refractivity contribution in [1.29, 1.82) is 0 Å². The number of hydrogen-bond acceptors (Lipinski definition) is 7. The molecule has 0 saturated heterocycles. The fraction of sp³-hybridized carbons (Fsp3) is 0.309. The Balaban J connectivity index is 0.965. The predicted octanol–water partition coefficient (Wildman–Crippen LogP) is 11.6. The minimum atomic E-state index is -5.02. The lowest BCUT2D eigenvalue weighted by Crippen LogP contribution is -2.64. The highest BCUT2D eigenvalue weighted by Gasteiger charge is 2.65. The van der Waals surface area contributed by atoms with Crippen LogP contribution in [0.2, 0.25) is 0 Å². The lowest BCUT2D eigenvalue weighted by molar-refractivity contribution is -0.255. The van der Waals surface area contributed by atoms with E-state index in [1.165, 1.54) is 46.1 Å². The number of halogens is 1. The average Bonchev–Trinajstić information content (AvgIpc) is 3.32. The van der Waals surface area contributed by atoms with Crippen LogP contribution < -0.4 is 5.11 Å². The molecule has 4 bridgehead atoms. The van der Waals surface area contributed by atoms with Gasteiger partial charge in [0.25, 0.3) is 5.50 Å². The highest BCUT2D eigenvalue weighted by molar-refractivity contribution is 7.97. The zero-order valence-corrected chi connectivity index (χ0v) is 41.3. The first-order valence-electron chi connectivity index (χ1n) is 22.7. The van der Waals surface area contributed by atoms with Gasteiger partial charge in [-0.25, -0.2) is 8.79 Å². The third-order valence-electron chi connectivity index (χ3n) is 14.2. The fourth-order valence-corrected chi connectivity index (χ4v) is 15.8. The highest BCUT2D eigenvalue weighted by Crippen LogP contribution is 2.68. The van der Waals surface area contributed by atoms with Crippen molar-refractivity contribution in [1.82, 2.24) is 0 Å². The summed E-state index contributed by atoms with van der Waals surface area (Å²) in [6, 6.07) is 53.3. The second kappa shape index (κ2) is 19.3. The quantitative estimate of drug-likeness (QED) is 0.0272. The first-order chi connectivity index (χ1) is 32.1. The minimum absolute atomic E-state index is 0.0253. The number of aryl methyl sites for hydroxylation is 3. The molecule has 0 aliphatic heterocycles. The average molecular weight is 973 g/mol. The lowest BCUT2D eigenvalue weighted by atomic mass is 9.39. The summed E-state index contributed by atoms with van der Waals surface area (Å²) in [6.07, 6.45) is 5.05. The van der Waals surface area contributed by atoms with Crippen molar-refractivity contribution in [3.8, 4) is 11.1 Å². The molecule has 6 aromatic carbocycles. The zero-order valence-electron chi connectivity index (χ0n) is 38.1. The highest BCUT2D eigenvalue weighted by atomic mass is 32.2. The van der Waals surface area contributed by atoms with Gasteiger partial charge in [-0.2, -0.15) is 8.42 Å². The van der Waals surface area contributed by atoms with Crippen LogP contribution in [0.5, 0.6) is 0 Å². The molecule has 0 radical (unpaired) electrons. The SMILES string of the molecule is CSN=C([O-])C12CC3CC(CC(C(=O)OCC(F)S(=O)(=O)O)(C3)C1)C2Cc1ccc([S+](c2ccc(C)cc2)c2ccc(-c3ccc([S+](c4ccc(C)cc4)c4ccc(C)cc4)cc3)cc2)cc1. The third-order valence-corrected chi connectivity index (χ3v) is 19.7. The predicted molar refractivity (Wildman–Crippen MR) is 267 cm³/mol. The Morgan fingerprint density at radius 2 is 1.13 bits per heavy atom. The van der Waals surface area contributed by atoms with Crippen molar-refractivity contribution in [2.75, 3.05) is 12.9 Å². The topological polar surface area (TPSA) is 116 Å². The van der Waals surface area contributed by atoms with Crippen LogP contribution in [0.1, 0.15) is 54.4 Å². The molecule has 7 atom stereocenters. The molecule has 0 spiro atoms. The Bertz CT molecular complexity index is 2810. The van der Waals surface area contributed by atoms with E-state index in [0.29, 0.717) is 25.7 Å². The lowest BCUT2D eigenvalue weighted by Gasteiger charge is -2.66. The largest absolute Gasteiger partial charge is 0.861 e. The van der Waals surface area contributed by atoms with Gasteiger partial charge >= 0.3 is 16.1 Å². The normalized spacial score (nSPS) is 23.3. The molecule has 10 rings (SSSR count). The van der Waals surface area contributed by atoms with Crippen LogP contribution in [0.4, 0.5) is 4.39 Å². The number of nitrogens with zero attached hydrogens (tertiary/aromatic N) is 1. The minimum Gasteiger partial charge on any atom is -0.861 e. The standard InChI is InChI=1S/C55H54FNO6S4/c1-36-5-17-44(18-6-36)65(45-19-7-37(2)8-20-45)48-25-13-41(14-26-48)42-15-27-49(28-16-42)66(46-21-9-38(3)10-22-46)47-23-11-39(12-24-47)30-50-43-29-40-31-54(33-43,35-55(50,32-40)52(58)57-64-4)53(59)63-34-51(56)67(60,61)62/h5-28,40,43,50-51H,29-35H2,1-4H3/p+1. The van der Waals surface area contributed by atoms with E-state index in [9.17, 15) is 22.7 Å². The second-order valence-corrected chi connectivity index (χ2v) is 24.9. The number of hydrogen-bond donors (Lipinski definition) is 1. The zero-order chi connectivity index (χ0) is 47.1. The van der Waals surface area contributed by atoms with Crippen LogP contribution in [-0.4, -0.2) is 43.2 Å². The molecule has 4 fully saturated rings. The van der Waals surface area contributed by atoms with E-state index in [-0.39, 0.29) is 41.0 Å². The van der Waals surface area contributed by atoms with E-state index in [0.717, 1.165) is 35.1 Å². The van der Waals surface area contributed by atoms with E-state index in [1.807, 2.05) is 0 Å². The molecule has 0 amide bonds. The monoisotopic (exact) mass is 972 g/mol. The van der Waals surface area contributed by atoms with Gasteiger partial charge in [0.05, 0.1) is 27.2 Å². The van der Waals surface area contributed by atoms with Crippen LogP contribution in [0.25, 0.3) is 11.1 Å². The Hall–Kier alpha value is -4.85. The molecule has 6 aromatic rings. The van der Waals surface area contributed by atoms with Gasteiger partial charge in [-0.1, -0.05) is 65.2 Å². The van der Waals surface area contributed by atoms with E-state index in [1.54, 1.807) is 6.26 Å². The summed E-state index contributed by atoms with van der Waals surface area (Å²) >= 11 is 1.11. The van der Waals surface area contributed by atoms with Gasteiger partial charge in [0, 0.05) is 11.7 Å². The number of esters is 1. The summed E-state index contributed by atoms with van der Waals surface area (Å²) in [4.78, 5) is 21.1. The van der Waals surface area contributed by atoms with Crippen LogP contribution in [0.15, 0.2) is 179 Å². The summed E-state index contributed by atoms with van der Waals surface area (Å²) < 4.78 is 55.5. The van der Waals surface area contributed by atoms with Gasteiger partial charge in [0.15, 0.2) is 29.4 Å². The summed E-state index contributed by atoms with van der Waals surface area (Å²) in [7, 11) is -5.66. The first kappa shape index (κ1) is 47.2. The van der Waals surface area contributed by atoms with Crippen molar-refractivity contribution < 1.29 is 32.0 Å². The van der Waals surface area contributed by atoms with Gasteiger partial charge in [0.1, 0.15) is 6.61 Å². The first-order valence-corrected chi connectivity index (χ1v) is 27.8. The number of alkyl halides is 1. The molecule has 0 aromatic heterocycles. The molecule has 4 aliphatic carbocycles. The molecular formula is C55H55FNO6S4+. The van der Waals surface area contributed by atoms with Crippen LogP contribution in [0, 0.1) is 49.4 Å². The third kappa shape index (κ3) is 9.75. The number of carbonyl (C=O) groups is 1. The van der Waals surface area contributed by atoms with E-state index >= 15 is 0 Å². The van der Waals surface area contributed by atoms with Crippen molar-refractivity contribution in [3.05, 3.63) is 168 Å². The molecule has 1 N–H and O–H groups in total. The number of rotatable bonds is 15. The number of benzene rings is 6. The van der Waals surface area contributed by atoms with Gasteiger partial charge in [-0.15, -0.1) is 0 Å². The van der Waals surface area contributed by atoms with Gasteiger partial charge in [-0.3, -0.25) is 9.35 Å². The van der Waals surface area contributed by atoms with Gasteiger partial charge in [0.2, 0.25) is 0 Å². The van der Waals surface area contributed by atoms with Crippen LogP contribution >= 0.6 is 11.9 Å². The molecule has 67 heavy (non-hydrogen) atoms.